The standard InChI is InChI=1S/C8H7BrF2O2/c1-3(12)6-7(11)5(10)2-4(9)8(6)13/h2-3,12-13H,1H3. The van der Waals surface area contributed by atoms with E-state index in [1.807, 2.05) is 0 Å². The Balaban J connectivity index is 3.46. The van der Waals surface area contributed by atoms with Gasteiger partial charge in [-0.15, -0.1) is 0 Å². The number of aliphatic hydroxyl groups excluding tert-OH is 1. The van der Waals surface area contributed by atoms with Gasteiger partial charge in [0.05, 0.1) is 16.1 Å². The second-order valence-corrected chi connectivity index (χ2v) is 3.45. The van der Waals surface area contributed by atoms with Crippen LogP contribution in [0, 0.1) is 11.6 Å². The minimum atomic E-state index is -1.26. The van der Waals surface area contributed by atoms with Crippen molar-refractivity contribution in [3.05, 3.63) is 27.7 Å². The Morgan fingerprint density at radius 2 is 2.00 bits per heavy atom. The van der Waals surface area contributed by atoms with Crippen molar-refractivity contribution in [1.82, 2.24) is 0 Å². The molecule has 1 rings (SSSR count). The molecule has 1 aromatic rings. The van der Waals surface area contributed by atoms with Gasteiger partial charge in [-0.3, -0.25) is 0 Å². The van der Waals surface area contributed by atoms with Crippen molar-refractivity contribution < 1.29 is 19.0 Å². The highest BCUT2D eigenvalue weighted by Gasteiger charge is 2.20. The molecule has 0 radical (unpaired) electrons. The van der Waals surface area contributed by atoms with Crippen molar-refractivity contribution in [1.29, 1.82) is 0 Å². The smallest absolute Gasteiger partial charge is 0.168 e. The first-order chi connectivity index (χ1) is 5.95. The molecule has 0 saturated heterocycles. The summed E-state index contributed by atoms with van der Waals surface area (Å²) in [5.41, 5.74) is -0.438. The molecule has 0 aliphatic rings. The third kappa shape index (κ3) is 1.81. The average Bonchev–Trinajstić information content (AvgIpc) is 2.01. The Morgan fingerprint density at radius 3 is 2.46 bits per heavy atom. The molecule has 0 heterocycles. The average molecular weight is 253 g/mol. The predicted octanol–water partition coefficient (Wildman–Crippen LogP) is 2.49. The quantitative estimate of drug-likeness (QED) is 0.755. The number of halogens is 3. The maximum Gasteiger partial charge on any atom is 0.168 e. The zero-order valence-electron chi connectivity index (χ0n) is 6.68. The lowest BCUT2D eigenvalue weighted by atomic mass is 10.1. The molecule has 0 spiro atoms. The van der Waals surface area contributed by atoms with E-state index in [-0.39, 0.29) is 4.47 Å². The van der Waals surface area contributed by atoms with E-state index in [1.54, 1.807) is 0 Å². The van der Waals surface area contributed by atoms with Crippen molar-refractivity contribution in [2.75, 3.05) is 0 Å². The van der Waals surface area contributed by atoms with Crippen LogP contribution in [-0.2, 0) is 0 Å². The highest BCUT2D eigenvalue weighted by atomic mass is 79.9. The van der Waals surface area contributed by atoms with Crippen LogP contribution in [0.2, 0.25) is 0 Å². The lowest BCUT2D eigenvalue weighted by Gasteiger charge is -2.10. The molecule has 0 aromatic heterocycles. The van der Waals surface area contributed by atoms with Crippen molar-refractivity contribution in [2.45, 2.75) is 13.0 Å². The summed E-state index contributed by atoms with van der Waals surface area (Å²) in [4.78, 5) is 0. The fourth-order valence-electron chi connectivity index (χ4n) is 0.985. The van der Waals surface area contributed by atoms with Gasteiger partial charge in [0.2, 0.25) is 0 Å². The van der Waals surface area contributed by atoms with Crippen LogP contribution in [0.15, 0.2) is 10.5 Å². The van der Waals surface area contributed by atoms with Gasteiger partial charge in [-0.05, 0) is 28.9 Å². The summed E-state index contributed by atoms with van der Waals surface area (Å²) in [7, 11) is 0. The number of benzene rings is 1. The number of phenolic OH excluding ortho intramolecular Hbond substituents is 1. The highest BCUT2D eigenvalue weighted by molar-refractivity contribution is 9.10. The Hall–Kier alpha value is -0.680. The maximum atomic E-state index is 13.0. The number of aliphatic hydroxyl groups is 1. The molecule has 13 heavy (non-hydrogen) atoms. The van der Waals surface area contributed by atoms with Crippen LogP contribution in [0.5, 0.6) is 5.75 Å². The second kappa shape index (κ2) is 3.59. The summed E-state index contributed by atoms with van der Waals surface area (Å²) >= 11 is 2.83. The van der Waals surface area contributed by atoms with Gasteiger partial charge in [-0.2, -0.15) is 0 Å². The van der Waals surface area contributed by atoms with Crippen LogP contribution in [-0.4, -0.2) is 10.2 Å². The number of hydrogen-bond acceptors (Lipinski definition) is 2. The summed E-state index contributed by atoms with van der Waals surface area (Å²) in [5.74, 6) is -2.81. The second-order valence-electron chi connectivity index (χ2n) is 2.59. The lowest BCUT2D eigenvalue weighted by Crippen LogP contribution is -2.00. The van der Waals surface area contributed by atoms with Crippen LogP contribution in [0.1, 0.15) is 18.6 Å². The van der Waals surface area contributed by atoms with Crippen LogP contribution in [0.4, 0.5) is 8.78 Å². The van der Waals surface area contributed by atoms with E-state index in [0.717, 1.165) is 6.07 Å². The van der Waals surface area contributed by atoms with Gasteiger partial charge in [0.1, 0.15) is 5.75 Å². The molecule has 1 aromatic carbocycles. The topological polar surface area (TPSA) is 40.5 Å². The summed E-state index contributed by atoms with van der Waals surface area (Å²) in [6, 6.07) is 0.802. The molecule has 2 N–H and O–H groups in total. The van der Waals surface area contributed by atoms with Gasteiger partial charge in [-0.25, -0.2) is 8.78 Å². The largest absolute Gasteiger partial charge is 0.506 e. The predicted molar refractivity (Wildman–Crippen MR) is 46.4 cm³/mol. The number of aromatic hydroxyl groups is 1. The monoisotopic (exact) mass is 252 g/mol. The van der Waals surface area contributed by atoms with Gasteiger partial charge in [0.15, 0.2) is 11.6 Å². The van der Waals surface area contributed by atoms with E-state index in [0.29, 0.717) is 0 Å². The normalized spacial score (nSPS) is 13.0. The summed E-state index contributed by atoms with van der Waals surface area (Å²) < 4.78 is 25.7. The van der Waals surface area contributed by atoms with E-state index in [9.17, 15) is 13.9 Å². The fraction of sp³-hybridized carbons (Fsp3) is 0.250. The zero-order chi connectivity index (χ0) is 10.2. The molecule has 0 aliphatic carbocycles. The van der Waals surface area contributed by atoms with Crippen molar-refractivity contribution in [2.24, 2.45) is 0 Å². The third-order valence-electron chi connectivity index (χ3n) is 1.60. The van der Waals surface area contributed by atoms with Crippen LogP contribution in [0.25, 0.3) is 0 Å². The summed E-state index contributed by atoms with van der Waals surface area (Å²) in [6.07, 6.45) is -1.26. The Bertz CT molecular complexity index is 313. The Morgan fingerprint density at radius 1 is 1.46 bits per heavy atom. The highest BCUT2D eigenvalue weighted by Crippen LogP contribution is 2.35. The minimum absolute atomic E-state index is 0.0160. The maximum absolute atomic E-state index is 13.0. The van der Waals surface area contributed by atoms with Crippen molar-refractivity contribution >= 4 is 15.9 Å². The fourth-order valence-corrected chi connectivity index (χ4v) is 1.40. The molecule has 0 aliphatic heterocycles. The van der Waals surface area contributed by atoms with Crippen LogP contribution < -0.4 is 0 Å². The summed E-state index contributed by atoms with van der Waals surface area (Å²) in [5, 5.41) is 18.3. The first-order valence-corrected chi connectivity index (χ1v) is 4.29. The molecular weight excluding hydrogens is 246 g/mol. The van der Waals surface area contributed by atoms with Gasteiger partial charge < -0.3 is 10.2 Å². The number of hydrogen-bond donors (Lipinski definition) is 2. The van der Waals surface area contributed by atoms with Crippen molar-refractivity contribution in [3.8, 4) is 5.75 Å². The van der Waals surface area contributed by atoms with Gasteiger partial charge >= 0.3 is 0 Å². The van der Waals surface area contributed by atoms with Gasteiger partial charge in [-0.1, -0.05) is 0 Å². The number of phenols is 1. The van der Waals surface area contributed by atoms with E-state index >= 15 is 0 Å². The number of rotatable bonds is 1. The van der Waals surface area contributed by atoms with E-state index in [4.69, 9.17) is 5.11 Å². The van der Waals surface area contributed by atoms with E-state index in [1.165, 1.54) is 6.92 Å². The van der Waals surface area contributed by atoms with Gasteiger partial charge in [0.25, 0.3) is 0 Å². The zero-order valence-corrected chi connectivity index (χ0v) is 8.27. The molecule has 0 bridgehead atoms. The van der Waals surface area contributed by atoms with Crippen LogP contribution in [0.3, 0.4) is 0 Å². The first-order valence-electron chi connectivity index (χ1n) is 3.49. The van der Waals surface area contributed by atoms with E-state index < -0.39 is 29.1 Å². The lowest BCUT2D eigenvalue weighted by molar-refractivity contribution is 0.187. The Labute approximate surface area is 81.9 Å². The molecule has 0 amide bonds. The molecule has 2 nitrogen and oxygen atoms in total. The molecule has 5 heteroatoms. The van der Waals surface area contributed by atoms with Crippen LogP contribution >= 0.6 is 15.9 Å². The third-order valence-corrected chi connectivity index (χ3v) is 2.20. The van der Waals surface area contributed by atoms with Crippen molar-refractivity contribution in [3.63, 3.8) is 0 Å². The van der Waals surface area contributed by atoms with Gasteiger partial charge in [0, 0.05) is 0 Å². The Kier molecular flexibility index (Phi) is 2.87. The molecular formula is C8H7BrF2O2. The molecule has 72 valence electrons. The SMILES string of the molecule is CC(O)c1c(O)c(Br)cc(F)c1F. The molecule has 0 saturated carbocycles. The minimum Gasteiger partial charge on any atom is -0.506 e. The molecule has 1 atom stereocenters. The molecule has 0 fully saturated rings. The summed E-state index contributed by atoms with van der Waals surface area (Å²) in [6.45, 7) is 1.24. The first kappa shape index (κ1) is 10.4. The molecule has 1 unspecified atom stereocenters. The van der Waals surface area contributed by atoms with E-state index in [2.05, 4.69) is 15.9 Å².